The van der Waals surface area contributed by atoms with Crippen molar-refractivity contribution < 1.29 is 9.53 Å². The van der Waals surface area contributed by atoms with Crippen molar-refractivity contribution in [3.63, 3.8) is 0 Å². The predicted octanol–water partition coefficient (Wildman–Crippen LogP) is 5.23. The Bertz CT molecular complexity index is 1040. The molecule has 8 heteroatoms. The maximum atomic E-state index is 11.7. The monoisotopic (exact) mass is 399 g/mol. The summed E-state index contributed by atoms with van der Waals surface area (Å²) in [6, 6.07) is 10.1. The summed E-state index contributed by atoms with van der Waals surface area (Å²) in [5.41, 5.74) is 3.02. The van der Waals surface area contributed by atoms with Crippen LogP contribution in [0.15, 0.2) is 46.5 Å². The summed E-state index contributed by atoms with van der Waals surface area (Å²) in [5, 5.41) is 8.15. The molecule has 0 unspecified atom stereocenters. The summed E-state index contributed by atoms with van der Waals surface area (Å²) in [5.74, 6) is -0.405. The average molecular weight is 400 g/mol. The first-order valence-corrected chi connectivity index (χ1v) is 10.5. The van der Waals surface area contributed by atoms with Crippen molar-refractivity contribution in [3.05, 3.63) is 52.2 Å². The van der Waals surface area contributed by atoms with Gasteiger partial charge < -0.3 is 4.74 Å². The number of aromatic nitrogens is 3. The maximum Gasteiger partial charge on any atom is 0.357 e. The smallest absolute Gasteiger partial charge is 0.357 e. The number of carbonyl (C=O) groups is 1. The molecule has 0 aliphatic rings. The summed E-state index contributed by atoms with van der Waals surface area (Å²) in [7, 11) is 0. The van der Waals surface area contributed by atoms with Crippen molar-refractivity contribution >= 4 is 40.0 Å². The van der Waals surface area contributed by atoms with Crippen LogP contribution in [0.4, 0.5) is 0 Å². The van der Waals surface area contributed by atoms with E-state index in [1.54, 1.807) is 23.6 Å². The Morgan fingerprint density at radius 3 is 2.23 bits per heavy atom. The van der Waals surface area contributed by atoms with Gasteiger partial charge in [0.15, 0.2) is 5.69 Å². The van der Waals surface area contributed by atoms with Crippen LogP contribution in [0.5, 0.6) is 0 Å². The van der Waals surface area contributed by atoms with Crippen LogP contribution in [0.25, 0.3) is 32.0 Å². The molecule has 1 aromatic carbocycles. The van der Waals surface area contributed by atoms with Gasteiger partial charge in [0, 0.05) is 21.7 Å². The zero-order valence-electron chi connectivity index (χ0n) is 13.7. The Kier molecular flexibility index (Phi) is 4.87. The van der Waals surface area contributed by atoms with Gasteiger partial charge in [-0.3, -0.25) is 0 Å². The van der Waals surface area contributed by atoms with Gasteiger partial charge in [0.1, 0.15) is 26.4 Å². The third-order valence-corrected chi connectivity index (χ3v) is 6.08. The lowest BCUT2D eigenvalue weighted by atomic mass is 10.2. The molecule has 3 aromatic heterocycles. The summed E-state index contributed by atoms with van der Waals surface area (Å²) in [6.45, 7) is 2.11. The van der Waals surface area contributed by atoms with Crippen LogP contribution < -0.4 is 0 Å². The molecule has 0 N–H and O–H groups in total. The van der Waals surface area contributed by atoms with E-state index in [0.717, 1.165) is 27.0 Å². The fraction of sp³-hybridized carbons (Fsp3) is 0.111. The molecule has 0 atom stereocenters. The summed E-state index contributed by atoms with van der Waals surface area (Å²) < 4.78 is 4.98. The van der Waals surface area contributed by atoms with E-state index in [4.69, 9.17) is 9.72 Å². The molecular weight excluding hydrogens is 386 g/mol. The summed E-state index contributed by atoms with van der Waals surface area (Å²) >= 11 is 4.50. The third-order valence-electron chi connectivity index (χ3n) is 3.46. The molecule has 0 aliphatic heterocycles. The fourth-order valence-electron chi connectivity index (χ4n) is 2.27. The average Bonchev–Trinajstić information content (AvgIpc) is 3.41. The van der Waals surface area contributed by atoms with E-state index >= 15 is 0 Å². The van der Waals surface area contributed by atoms with Gasteiger partial charge in [-0.2, -0.15) is 0 Å². The summed E-state index contributed by atoms with van der Waals surface area (Å²) in [4.78, 5) is 25.4. The minimum atomic E-state index is -0.405. The molecule has 0 radical (unpaired) electrons. The lowest BCUT2D eigenvalue weighted by Crippen LogP contribution is -2.04. The van der Waals surface area contributed by atoms with Crippen molar-refractivity contribution in [2.75, 3.05) is 6.61 Å². The van der Waals surface area contributed by atoms with Crippen LogP contribution in [-0.4, -0.2) is 27.5 Å². The van der Waals surface area contributed by atoms with Crippen LogP contribution in [0.2, 0.25) is 0 Å². The van der Waals surface area contributed by atoms with Crippen LogP contribution in [-0.2, 0) is 4.74 Å². The van der Waals surface area contributed by atoms with Gasteiger partial charge in [0.05, 0.1) is 6.61 Å². The molecule has 5 nitrogen and oxygen atoms in total. The number of esters is 1. The topological polar surface area (TPSA) is 65.0 Å². The number of hydrogen-bond acceptors (Lipinski definition) is 8. The Morgan fingerprint density at radius 2 is 1.50 bits per heavy atom. The van der Waals surface area contributed by atoms with Gasteiger partial charge in [-0.1, -0.05) is 30.3 Å². The Hall–Kier alpha value is -2.42. The zero-order chi connectivity index (χ0) is 17.9. The molecule has 0 spiro atoms. The molecule has 0 aliphatic carbocycles. The van der Waals surface area contributed by atoms with Crippen molar-refractivity contribution in [2.24, 2.45) is 0 Å². The molecule has 130 valence electrons. The molecule has 4 rings (SSSR count). The number of carbonyl (C=O) groups excluding carboxylic acids is 1. The fourth-order valence-corrected chi connectivity index (χ4v) is 4.74. The van der Waals surface area contributed by atoms with Gasteiger partial charge in [-0.15, -0.1) is 34.0 Å². The van der Waals surface area contributed by atoms with E-state index in [1.807, 2.05) is 41.1 Å². The summed E-state index contributed by atoms with van der Waals surface area (Å²) in [6.07, 6.45) is 0. The molecular formula is C18H13N3O2S3. The molecule has 3 heterocycles. The Morgan fingerprint density at radius 1 is 0.885 bits per heavy atom. The number of benzene rings is 1. The highest BCUT2D eigenvalue weighted by molar-refractivity contribution is 7.16. The molecule has 0 saturated heterocycles. The van der Waals surface area contributed by atoms with E-state index in [0.29, 0.717) is 17.3 Å². The second-order valence-corrected chi connectivity index (χ2v) is 7.77. The quantitative estimate of drug-likeness (QED) is 0.430. The Labute approximate surface area is 162 Å². The van der Waals surface area contributed by atoms with E-state index in [-0.39, 0.29) is 0 Å². The van der Waals surface area contributed by atoms with Gasteiger partial charge in [0.25, 0.3) is 0 Å². The van der Waals surface area contributed by atoms with Crippen LogP contribution in [0.1, 0.15) is 17.4 Å². The third kappa shape index (κ3) is 3.44. The highest BCUT2D eigenvalue weighted by atomic mass is 32.1. The minimum Gasteiger partial charge on any atom is -0.461 e. The van der Waals surface area contributed by atoms with Gasteiger partial charge >= 0.3 is 5.97 Å². The first-order valence-electron chi connectivity index (χ1n) is 7.84. The van der Waals surface area contributed by atoms with E-state index < -0.39 is 5.97 Å². The highest BCUT2D eigenvalue weighted by Gasteiger charge is 2.16. The van der Waals surface area contributed by atoms with Crippen molar-refractivity contribution in [2.45, 2.75) is 6.92 Å². The first kappa shape index (κ1) is 17.0. The molecule has 26 heavy (non-hydrogen) atoms. The number of thiazole rings is 3. The zero-order valence-corrected chi connectivity index (χ0v) is 16.2. The molecule has 0 bridgehead atoms. The number of rotatable bonds is 5. The molecule has 4 aromatic rings. The number of ether oxygens (including phenoxy) is 1. The van der Waals surface area contributed by atoms with Gasteiger partial charge in [-0.05, 0) is 6.92 Å². The van der Waals surface area contributed by atoms with Gasteiger partial charge in [0.2, 0.25) is 0 Å². The van der Waals surface area contributed by atoms with Crippen LogP contribution >= 0.6 is 34.0 Å². The van der Waals surface area contributed by atoms with Gasteiger partial charge in [-0.25, -0.2) is 19.7 Å². The number of nitrogens with zero attached hydrogens (tertiary/aromatic N) is 3. The van der Waals surface area contributed by atoms with Crippen molar-refractivity contribution in [1.29, 1.82) is 0 Å². The lowest BCUT2D eigenvalue weighted by Gasteiger charge is -1.95. The second kappa shape index (κ2) is 7.45. The SMILES string of the molecule is CCOC(=O)c1csc(-c2csc(-c3csc(-c4ccccc4)n3)n2)n1. The lowest BCUT2D eigenvalue weighted by molar-refractivity contribution is 0.0520. The second-order valence-electron chi connectivity index (χ2n) is 5.20. The highest BCUT2D eigenvalue weighted by Crippen LogP contribution is 2.33. The van der Waals surface area contributed by atoms with E-state index in [9.17, 15) is 4.79 Å². The standard InChI is InChI=1S/C18H13N3O2S3/c1-2-23-18(22)14-10-26-17(21-14)13-9-25-16(20-13)12-8-24-15(19-12)11-6-4-3-5-7-11/h3-10H,2H2,1H3. The maximum absolute atomic E-state index is 11.7. The number of hydrogen-bond donors (Lipinski definition) is 0. The predicted molar refractivity (Wildman–Crippen MR) is 106 cm³/mol. The van der Waals surface area contributed by atoms with Crippen molar-refractivity contribution in [1.82, 2.24) is 15.0 Å². The van der Waals surface area contributed by atoms with Crippen LogP contribution in [0, 0.1) is 0 Å². The van der Waals surface area contributed by atoms with Crippen molar-refractivity contribution in [3.8, 4) is 32.0 Å². The van der Waals surface area contributed by atoms with Crippen LogP contribution in [0.3, 0.4) is 0 Å². The normalized spacial score (nSPS) is 10.8. The Balaban J connectivity index is 1.57. The van der Waals surface area contributed by atoms with E-state index in [2.05, 4.69) is 9.97 Å². The molecule has 0 amide bonds. The molecule has 0 saturated carbocycles. The minimum absolute atomic E-state index is 0.321. The molecule has 0 fully saturated rings. The largest absolute Gasteiger partial charge is 0.461 e. The van der Waals surface area contributed by atoms with E-state index in [1.165, 1.54) is 22.7 Å². The first-order chi connectivity index (χ1) is 12.7.